The van der Waals surface area contributed by atoms with Gasteiger partial charge in [-0.2, -0.15) is 0 Å². The molecule has 0 aliphatic carbocycles. The van der Waals surface area contributed by atoms with E-state index in [4.69, 9.17) is 9.72 Å². The van der Waals surface area contributed by atoms with Crippen LogP contribution in [0.4, 0.5) is 22.0 Å². The SMILES string of the molecule is O=C(Nc1ccc(-c2nc(N3CCOCC3)c3cccn3n2)cc1)Nc1cccnc1CO. The van der Waals surface area contributed by atoms with Gasteiger partial charge in [-0.25, -0.2) is 14.3 Å². The van der Waals surface area contributed by atoms with Gasteiger partial charge in [-0.1, -0.05) is 0 Å². The summed E-state index contributed by atoms with van der Waals surface area (Å²) >= 11 is 0. The first-order valence-corrected chi connectivity index (χ1v) is 10.6. The number of nitrogens with zero attached hydrogens (tertiary/aromatic N) is 5. The Morgan fingerprint density at radius 2 is 1.88 bits per heavy atom. The minimum atomic E-state index is -0.426. The molecule has 1 fully saturated rings. The Hall–Kier alpha value is -4.02. The number of aromatic nitrogens is 4. The largest absolute Gasteiger partial charge is 0.390 e. The number of carbonyl (C=O) groups excluding carboxylic acids is 1. The van der Waals surface area contributed by atoms with E-state index < -0.39 is 6.03 Å². The van der Waals surface area contributed by atoms with Crippen LogP contribution in [-0.2, 0) is 11.3 Å². The van der Waals surface area contributed by atoms with Gasteiger partial charge < -0.3 is 25.4 Å². The Bertz CT molecular complexity index is 1270. The zero-order chi connectivity index (χ0) is 22.6. The van der Waals surface area contributed by atoms with Crippen LogP contribution in [0.5, 0.6) is 0 Å². The van der Waals surface area contributed by atoms with E-state index in [-0.39, 0.29) is 6.61 Å². The van der Waals surface area contributed by atoms with Crippen molar-refractivity contribution in [3.63, 3.8) is 0 Å². The van der Waals surface area contributed by atoms with E-state index in [2.05, 4.69) is 25.6 Å². The second-order valence-corrected chi connectivity index (χ2v) is 7.51. The molecule has 4 heterocycles. The number of ether oxygens (including phenoxy) is 1. The quantitative estimate of drug-likeness (QED) is 0.432. The highest BCUT2D eigenvalue weighted by molar-refractivity contribution is 6.00. The Morgan fingerprint density at radius 3 is 2.67 bits per heavy atom. The minimum absolute atomic E-state index is 0.261. The van der Waals surface area contributed by atoms with Gasteiger partial charge in [0.2, 0.25) is 0 Å². The van der Waals surface area contributed by atoms with E-state index in [1.165, 1.54) is 0 Å². The number of nitrogens with one attached hydrogen (secondary N) is 2. The molecule has 168 valence electrons. The lowest BCUT2D eigenvalue weighted by atomic mass is 10.2. The molecule has 2 amide bonds. The van der Waals surface area contributed by atoms with Gasteiger partial charge in [-0.05, 0) is 48.5 Å². The third-order valence-corrected chi connectivity index (χ3v) is 5.37. The lowest BCUT2D eigenvalue weighted by molar-refractivity contribution is 0.122. The zero-order valence-corrected chi connectivity index (χ0v) is 17.8. The molecule has 3 N–H and O–H groups in total. The van der Waals surface area contributed by atoms with Gasteiger partial charge in [-0.15, -0.1) is 5.10 Å². The molecule has 1 saturated heterocycles. The van der Waals surface area contributed by atoms with Crippen LogP contribution in [0, 0.1) is 0 Å². The number of urea groups is 1. The molecule has 10 nitrogen and oxygen atoms in total. The minimum Gasteiger partial charge on any atom is -0.390 e. The van der Waals surface area contributed by atoms with Crippen LogP contribution in [0.2, 0.25) is 0 Å². The topological polar surface area (TPSA) is 117 Å². The first-order chi connectivity index (χ1) is 16.2. The molecule has 0 saturated carbocycles. The lowest BCUT2D eigenvalue weighted by Crippen LogP contribution is -2.37. The third-order valence-electron chi connectivity index (χ3n) is 5.37. The van der Waals surface area contributed by atoms with Crippen molar-refractivity contribution in [2.45, 2.75) is 6.61 Å². The number of aliphatic hydroxyl groups excluding tert-OH is 1. The fraction of sp³-hybridized carbons (Fsp3) is 0.217. The monoisotopic (exact) mass is 445 g/mol. The number of morpholine rings is 1. The van der Waals surface area contributed by atoms with E-state index >= 15 is 0 Å². The molecule has 0 bridgehead atoms. The van der Waals surface area contributed by atoms with Crippen molar-refractivity contribution < 1.29 is 14.6 Å². The fourth-order valence-corrected chi connectivity index (χ4v) is 3.71. The number of anilines is 3. The standard InChI is InChI=1S/C23H23N7O3/c31-15-19-18(3-1-9-24-19)26-23(32)25-17-7-5-16(6-8-17)21-27-22(29-11-13-33-14-12-29)20-4-2-10-30(20)28-21/h1-10,31H,11-15H2,(H2,25,26,32). The van der Waals surface area contributed by atoms with Gasteiger partial charge in [0.25, 0.3) is 0 Å². The molecule has 1 aliphatic rings. The Balaban J connectivity index is 1.34. The van der Waals surface area contributed by atoms with Crippen molar-refractivity contribution in [2.24, 2.45) is 0 Å². The van der Waals surface area contributed by atoms with Crippen molar-refractivity contribution in [1.82, 2.24) is 19.6 Å². The molecule has 5 rings (SSSR count). The smallest absolute Gasteiger partial charge is 0.323 e. The number of pyridine rings is 1. The molecule has 0 unspecified atom stereocenters. The maximum atomic E-state index is 12.4. The van der Waals surface area contributed by atoms with Crippen molar-refractivity contribution in [1.29, 1.82) is 0 Å². The second kappa shape index (κ2) is 9.23. The number of amides is 2. The van der Waals surface area contributed by atoms with E-state index in [0.717, 1.165) is 30.0 Å². The van der Waals surface area contributed by atoms with Gasteiger partial charge in [0.05, 0.1) is 31.2 Å². The van der Waals surface area contributed by atoms with Crippen LogP contribution < -0.4 is 15.5 Å². The number of benzene rings is 1. The molecule has 3 aromatic heterocycles. The highest BCUT2D eigenvalue weighted by atomic mass is 16.5. The molecular weight excluding hydrogens is 422 g/mol. The molecule has 10 heteroatoms. The summed E-state index contributed by atoms with van der Waals surface area (Å²) in [5.74, 6) is 1.48. The number of fused-ring (bicyclic) bond motifs is 1. The molecule has 0 atom stereocenters. The summed E-state index contributed by atoms with van der Waals surface area (Å²) in [6.45, 7) is 2.65. The molecule has 33 heavy (non-hydrogen) atoms. The van der Waals surface area contributed by atoms with Gasteiger partial charge in [-0.3, -0.25) is 4.98 Å². The van der Waals surface area contributed by atoms with Crippen LogP contribution in [0.15, 0.2) is 60.9 Å². The van der Waals surface area contributed by atoms with Gasteiger partial charge in [0, 0.05) is 36.7 Å². The van der Waals surface area contributed by atoms with Crippen LogP contribution in [0.1, 0.15) is 5.69 Å². The van der Waals surface area contributed by atoms with Crippen molar-refractivity contribution in [3.8, 4) is 11.4 Å². The summed E-state index contributed by atoms with van der Waals surface area (Å²) in [5.41, 5.74) is 3.25. The van der Waals surface area contributed by atoms with Gasteiger partial charge >= 0.3 is 6.03 Å². The average Bonchev–Trinajstić information content (AvgIpc) is 3.33. The van der Waals surface area contributed by atoms with Crippen molar-refractivity contribution >= 4 is 28.7 Å². The normalized spacial score (nSPS) is 13.8. The lowest BCUT2D eigenvalue weighted by Gasteiger charge is -2.28. The summed E-state index contributed by atoms with van der Waals surface area (Å²) in [7, 11) is 0. The zero-order valence-electron chi connectivity index (χ0n) is 17.8. The van der Waals surface area contributed by atoms with Crippen LogP contribution in [0.25, 0.3) is 16.9 Å². The van der Waals surface area contributed by atoms with Crippen molar-refractivity contribution in [2.75, 3.05) is 41.8 Å². The average molecular weight is 445 g/mol. The highest BCUT2D eigenvalue weighted by Crippen LogP contribution is 2.25. The fourth-order valence-electron chi connectivity index (χ4n) is 3.71. The predicted octanol–water partition coefficient (Wildman–Crippen LogP) is 2.76. The van der Waals surface area contributed by atoms with Crippen LogP contribution in [-0.4, -0.2) is 57.0 Å². The highest BCUT2D eigenvalue weighted by Gasteiger charge is 2.18. The van der Waals surface area contributed by atoms with Crippen molar-refractivity contribution in [3.05, 3.63) is 66.6 Å². The van der Waals surface area contributed by atoms with Crippen LogP contribution >= 0.6 is 0 Å². The number of rotatable bonds is 5. The van der Waals surface area contributed by atoms with Gasteiger partial charge in [0.15, 0.2) is 11.6 Å². The van der Waals surface area contributed by atoms with Gasteiger partial charge in [0.1, 0.15) is 5.52 Å². The summed E-state index contributed by atoms with van der Waals surface area (Å²) in [5, 5.41) is 19.5. The maximum absolute atomic E-state index is 12.4. The second-order valence-electron chi connectivity index (χ2n) is 7.51. The molecule has 1 aromatic carbocycles. The first-order valence-electron chi connectivity index (χ1n) is 10.6. The Morgan fingerprint density at radius 1 is 1.06 bits per heavy atom. The summed E-state index contributed by atoms with van der Waals surface area (Å²) < 4.78 is 7.31. The summed E-state index contributed by atoms with van der Waals surface area (Å²) in [4.78, 5) is 23.5. The van der Waals surface area contributed by atoms with E-state index in [0.29, 0.717) is 36.1 Å². The number of carbonyl (C=O) groups is 1. The van der Waals surface area contributed by atoms with E-state index in [1.54, 1.807) is 30.5 Å². The number of aliphatic hydroxyl groups is 1. The van der Waals surface area contributed by atoms with Crippen LogP contribution in [0.3, 0.4) is 0 Å². The molecule has 1 aliphatic heterocycles. The van der Waals surface area contributed by atoms with E-state index in [9.17, 15) is 9.90 Å². The number of hydrogen-bond acceptors (Lipinski definition) is 7. The number of hydrogen-bond donors (Lipinski definition) is 3. The maximum Gasteiger partial charge on any atom is 0.323 e. The predicted molar refractivity (Wildman–Crippen MR) is 124 cm³/mol. The van der Waals surface area contributed by atoms with E-state index in [1.807, 2.05) is 35.0 Å². The molecule has 0 spiro atoms. The third kappa shape index (κ3) is 4.47. The molecular formula is C23H23N7O3. The first kappa shape index (κ1) is 20.9. The summed E-state index contributed by atoms with van der Waals surface area (Å²) in [6.07, 6.45) is 3.47. The Kier molecular flexibility index (Phi) is 5.83. The Labute approximate surface area is 189 Å². The molecule has 0 radical (unpaired) electrons. The molecule has 4 aromatic rings. The summed E-state index contributed by atoms with van der Waals surface area (Å²) in [6, 6.07) is 14.2.